The van der Waals surface area contributed by atoms with Gasteiger partial charge in [-0.2, -0.15) is 0 Å². The van der Waals surface area contributed by atoms with E-state index in [9.17, 15) is 18.0 Å². The Morgan fingerprint density at radius 2 is 1.71 bits per heavy atom. The van der Waals surface area contributed by atoms with Gasteiger partial charge in [0.1, 0.15) is 0 Å². The van der Waals surface area contributed by atoms with Gasteiger partial charge in [-0.25, -0.2) is 8.42 Å². The molecule has 0 fully saturated rings. The molecular weight excluding hydrogens is 450 g/mol. The lowest BCUT2D eigenvalue weighted by molar-refractivity contribution is -0.119. The molecule has 0 bridgehead atoms. The van der Waals surface area contributed by atoms with Gasteiger partial charge in [0.15, 0.2) is 0 Å². The van der Waals surface area contributed by atoms with Crippen molar-refractivity contribution in [3.05, 3.63) is 83.4 Å². The Morgan fingerprint density at radius 1 is 0.971 bits per heavy atom. The number of benzene rings is 3. The first-order valence-electron chi connectivity index (χ1n) is 11.2. The highest BCUT2D eigenvalue weighted by Gasteiger charge is 2.25. The van der Waals surface area contributed by atoms with Gasteiger partial charge in [0.25, 0.3) is 10.0 Å². The van der Waals surface area contributed by atoms with Crippen LogP contribution in [0.25, 0.3) is 0 Å². The number of sulfonamides is 1. The Bertz CT molecular complexity index is 1340. The lowest BCUT2D eigenvalue weighted by atomic mass is 10.00. The number of hydrogen-bond acceptors (Lipinski definition) is 4. The van der Waals surface area contributed by atoms with Crippen LogP contribution in [0.4, 0.5) is 17.1 Å². The fourth-order valence-corrected chi connectivity index (χ4v) is 5.33. The number of carbonyl (C=O) groups is 2. The second kappa shape index (κ2) is 9.69. The van der Waals surface area contributed by atoms with E-state index in [0.29, 0.717) is 42.7 Å². The number of carbonyl (C=O) groups excluding carboxylic acids is 2. The third-order valence-electron chi connectivity index (χ3n) is 5.78. The highest BCUT2D eigenvalue weighted by atomic mass is 32.2. The summed E-state index contributed by atoms with van der Waals surface area (Å²) in [6.07, 6.45) is 1.27. The lowest BCUT2D eigenvalue weighted by Gasteiger charge is -2.30. The Balaban J connectivity index is 1.56. The average Bonchev–Trinajstić information content (AvgIpc) is 2.81. The van der Waals surface area contributed by atoms with Gasteiger partial charge in [0.2, 0.25) is 11.8 Å². The summed E-state index contributed by atoms with van der Waals surface area (Å²) in [7, 11) is -3.84. The van der Waals surface area contributed by atoms with Crippen LogP contribution in [0.2, 0.25) is 0 Å². The molecule has 0 radical (unpaired) electrons. The number of rotatable bonds is 7. The molecule has 0 saturated carbocycles. The molecule has 7 nitrogen and oxygen atoms in total. The van der Waals surface area contributed by atoms with Crippen LogP contribution >= 0.6 is 0 Å². The van der Waals surface area contributed by atoms with E-state index in [0.717, 1.165) is 16.8 Å². The lowest BCUT2D eigenvalue weighted by Crippen LogP contribution is -2.34. The van der Waals surface area contributed by atoms with Crippen molar-refractivity contribution < 1.29 is 18.0 Å². The number of anilines is 3. The summed E-state index contributed by atoms with van der Waals surface area (Å²) >= 11 is 0. The quantitative estimate of drug-likeness (QED) is 0.519. The van der Waals surface area contributed by atoms with E-state index in [4.69, 9.17) is 0 Å². The summed E-state index contributed by atoms with van der Waals surface area (Å²) in [6, 6.07) is 19.7. The minimum Gasteiger partial charge on any atom is -0.326 e. The van der Waals surface area contributed by atoms with Gasteiger partial charge in [0.05, 0.1) is 11.4 Å². The summed E-state index contributed by atoms with van der Waals surface area (Å²) in [6.45, 7) is 3.91. The van der Waals surface area contributed by atoms with E-state index in [1.807, 2.05) is 30.3 Å². The number of fused-ring (bicyclic) bond motifs is 1. The molecule has 0 atom stereocenters. The molecule has 1 aliphatic heterocycles. The normalized spacial score (nSPS) is 13.4. The van der Waals surface area contributed by atoms with E-state index in [1.54, 1.807) is 49.1 Å². The molecule has 176 valence electrons. The molecule has 0 aromatic heterocycles. The van der Waals surface area contributed by atoms with Crippen LogP contribution in [-0.2, 0) is 32.6 Å². The number of nitrogens with zero attached hydrogens (tertiary/aromatic N) is 1. The number of hydrogen-bond donors (Lipinski definition) is 2. The maximum Gasteiger partial charge on any atom is 0.262 e. The molecule has 1 heterocycles. The molecule has 0 saturated heterocycles. The van der Waals surface area contributed by atoms with Gasteiger partial charge >= 0.3 is 0 Å². The van der Waals surface area contributed by atoms with Crippen molar-refractivity contribution in [1.29, 1.82) is 0 Å². The molecule has 34 heavy (non-hydrogen) atoms. The first-order chi connectivity index (χ1) is 16.3. The maximum absolute atomic E-state index is 13.1. The second-order valence-electron chi connectivity index (χ2n) is 8.30. The zero-order valence-corrected chi connectivity index (χ0v) is 20.0. The topological polar surface area (TPSA) is 95.6 Å². The average molecular weight is 478 g/mol. The fourth-order valence-electron chi connectivity index (χ4n) is 4.05. The van der Waals surface area contributed by atoms with E-state index in [1.165, 1.54) is 6.07 Å². The molecule has 3 aromatic rings. The summed E-state index contributed by atoms with van der Waals surface area (Å²) < 4.78 is 28.8. The minimum absolute atomic E-state index is 0.0514. The standard InChI is InChI=1S/C26H27N3O4S/c1-3-25(30)27-21-11-13-24(18(2)15-21)34(32,33)28-22-10-12-23-20(16-22)9-14-26(31)29(23)17-19-7-5-4-6-8-19/h4-8,10-13,15-16,28H,3,9,14,17H2,1-2H3,(H,27,30). The maximum atomic E-state index is 13.1. The van der Waals surface area contributed by atoms with E-state index >= 15 is 0 Å². The largest absolute Gasteiger partial charge is 0.326 e. The highest BCUT2D eigenvalue weighted by Crippen LogP contribution is 2.32. The van der Waals surface area contributed by atoms with Gasteiger partial charge in [-0.1, -0.05) is 37.3 Å². The van der Waals surface area contributed by atoms with E-state index in [2.05, 4.69) is 10.0 Å². The SMILES string of the molecule is CCC(=O)Nc1ccc(S(=O)(=O)Nc2ccc3c(c2)CCC(=O)N3Cc2ccccc2)c(C)c1. The van der Waals surface area contributed by atoms with Gasteiger partial charge < -0.3 is 10.2 Å². The molecule has 2 N–H and O–H groups in total. The van der Waals surface area contributed by atoms with Crippen molar-refractivity contribution in [3.8, 4) is 0 Å². The van der Waals surface area contributed by atoms with Gasteiger partial charge in [-0.15, -0.1) is 0 Å². The number of amides is 2. The van der Waals surface area contributed by atoms with Crippen LogP contribution in [0.3, 0.4) is 0 Å². The Hall–Kier alpha value is -3.65. The predicted molar refractivity (Wildman–Crippen MR) is 133 cm³/mol. The van der Waals surface area contributed by atoms with Crippen LogP contribution in [0.15, 0.2) is 71.6 Å². The summed E-state index contributed by atoms with van der Waals surface area (Å²) in [5, 5.41) is 2.73. The van der Waals surface area contributed by atoms with Crippen molar-refractivity contribution in [1.82, 2.24) is 0 Å². The Morgan fingerprint density at radius 3 is 2.41 bits per heavy atom. The van der Waals surface area contributed by atoms with Gasteiger partial charge in [-0.05, 0) is 66.4 Å². The van der Waals surface area contributed by atoms with Crippen LogP contribution < -0.4 is 14.9 Å². The molecule has 8 heteroatoms. The molecule has 0 spiro atoms. The molecular formula is C26H27N3O4S. The number of nitrogens with one attached hydrogen (secondary N) is 2. The highest BCUT2D eigenvalue weighted by molar-refractivity contribution is 7.92. The van der Waals surface area contributed by atoms with Gasteiger partial charge in [0, 0.05) is 29.9 Å². The first kappa shape index (κ1) is 23.5. The third-order valence-corrected chi connectivity index (χ3v) is 7.33. The van der Waals surface area contributed by atoms with Crippen molar-refractivity contribution in [2.24, 2.45) is 0 Å². The molecule has 1 aliphatic rings. The molecule has 2 amide bonds. The van der Waals surface area contributed by atoms with Crippen LogP contribution in [0.5, 0.6) is 0 Å². The van der Waals surface area contributed by atoms with Crippen LogP contribution in [-0.4, -0.2) is 20.2 Å². The van der Waals surface area contributed by atoms with Crippen molar-refractivity contribution >= 4 is 38.9 Å². The van der Waals surface area contributed by atoms with Gasteiger partial charge in [-0.3, -0.25) is 14.3 Å². The van der Waals surface area contributed by atoms with Crippen molar-refractivity contribution in [2.75, 3.05) is 14.9 Å². The zero-order chi connectivity index (χ0) is 24.3. The van der Waals surface area contributed by atoms with E-state index in [-0.39, 0.29) is 16.7 Å². The minimum atomic E-state index is -3.84. The second-order valence-corrected chi connectivity index (χ2v) is 9.95. The molecule has 0 unspecified atom stereocenters. The summed E-state index contributed by atoms with van der Waals surface area (Å²) in [5.74, 6) is -0.0856. The number of aryl methyl sites for hydroxylation is 2. The monoisotopic (exact) mass is 477 g/mol. The van der Waals surface area contributed by atoms with Crippen LogP contribution in [0, 0.1) is 6.92 Å². The molecule has 0 aliphatic carbocycles. The van der Waals surface area contributed by atoms with Crippen molar-refractivity contribution in [3.63, 3.8) is 0 Å². The predicted octanol–water partition coefficient (Wildman–Crippen LogP) is 4.62. The first-order valence-corrected chi connectivity index (χ1v) is 12.7. The smallest absolute Gasteiger partial charge is 0.262 e. The van der Waals surface area contributed by atoms with Crippen molar-refractivity contribution in [2.45, 2.75) is 44.6 Å². The third kappa shape index (κ3) is 5.12. The van der Waals surface area contributed by atoms with E-state index < -0.39 is 10.0 Å². The summed E-state index contributed by atoms with van der Waals surface area (Å²) in [4.78, 5) is 26.1. The Labute approximate surface area is 199 Å². The fraction of sp³-hybridized carbons (Fsp3) is 0.231. The zero-order valence-electron chi connectivity index (χ0n) is 19.2. The van der Waals surface area contributed by atoms with Crippen LogP contribution in [0.1, 0.15) is 36.5 Å². The molecule has 3 aromatic carbocycles. The molecule has 4 rings (SSSR count). The summed E-state index contributed by atoms with van der Waals surface area (Å²) in [5.41, 5.74) is 4.28. The Kier molecular flexibility index (Phi) is 6.70.